The molecule has 1 saturated heterocycles. The molecule has 1 aliphatic carbocycles. The van der Waals surface area contributed by atoms with E-state index in [0.717, 1.165) is 43.3 Å². The topological polar surface area (TPSA) is 29.0 Å². The fourth-order valence-corrected chi connectivity index (χ4v) is 4.68. The van der Waals surface area contributed by atoms with Crippen molar-refractivity contribution in [3.63, 3.8) is 0 Å². The lowest BCUT2D eigenvalue weighted by molar-refractivity contribution is -0.138. The SMILES string of the molecule is CC.Cc1cc(C)nc(N2C[C@H]3CC(c4ccccc4C(F)(F)F)C[C@H]3C2)n1. The van der Waals surface area contributed by atoms with Crippen LogP contribution < -0.4 is 4.90 Å². The van der Waals surface area contributed by atoms with Gasteiger partial charge in [0.15, 0.2) is 0 Å². The largest absolute Gasteiger partial charge is 0.416 e. The van der Waals surface area contributed by atoms with Crippen LogP contribution in [0.4, 0.5) is 19.1 Å². The van der Waals surface area contributed by atoms with E-state index in [1.165, 1.54) is 12.1 Å². The maximum absolute atomic E-state index is 13.3. The van der Waals surface area contributed by atoms with Gasteiger partial charge in [-0.1, -0.05) is 32.0 Å². The summed E-state index contributed by atoms with van der Waals surface area (Å²) in [4.78, 5) is 11.3. The van der Waals surface area contributed by atoms with Crippen molar-refractivity contribution >= 4 is 5.95 Å². The van der Waals surface area contributed by atoms with Crippen molar-refractivity contribution in [3.05, 3.63) is 52.8 Å². The number of anilines is 1. The molecular weight excluding hydrogens is 363 g/mol. The molecule has 1 unspecified atom stereocenters. The Morgan fingerprint density at radius 3 is 2.00 bits per heavy atom. The number of benzene rings is 1. The smallest absolute Gasteiger partial charge is 0.340 e. The van der Waals surface area contributed by atoms with E-state index in [0.29, 0.717) is 17.4 Å². The third-order valence-electron chi connectivity index (χ3n) is 5.71. The number of nitrogens with zero attached hydrogens (tertiary/aromatic N) is 3. The molecule has 1 aliphatic heterocycles. The number of aromatic nitrogens is 2. The van der Waals surface area contributed by atoms with Crippen LogP contribution >= 0.6 is 0 Å². The number of halogens is 3. The Morgan fingerprint density at radius 2 is 1.46 bits per heavy atom. The van der Waals surface area contributed by atoms with Crippen LogP contribution in [0.25, 0.3) is 0 Å². The minimum Gasteiger partial charge on any atom is -0.340 e. The first-order valence-electron chi connectivity index (χ1n) is 10.0. The minimum absolute atomic E-state index is 0.00913. The number of hydrogen-bond acceptors (Lipinski definition) is 3. The summed E-state index contributed by atoms with van der Waals surface area (Å²) in [6, 6.07) is 8.00. The van der Waals surface area contributed by atoms with E-state index in [1.807, 2.05) is 33.8 Å². The second-order valence-electron chi connectivity index (χ2n) is 7.63. The summed E-state index contributed by atoms with van der Waals surface area (Å²) in [6.45, 7) is 9.58. The highest BCUT2D eigenvalue weighted by molar-refractivity contribution is 5.37. The van der Waals surface area contributed by atoms with Gasteiger partial charge in [0, 0.05) is 24.5 Å². The van der Waals surface area contributed by atoms with Gasteiger partial charge in [-0.15, -0.1) is 0 Å². The van der Waals surface area contributed by atoms with Crippen LogP contribution in [0.5, 0.6) is 0 Å². The molecular formula is C22H28F3N3. The highest BCUT2D eigenvalue weighted by Gasteiger charge is 2.44. The third-order valence-corrected chi connectivity index (χ3v) is 5.71. The molecule has 0 radical (unpaired) electrons. The zero-order valence-corrected chi connectivity index (χ0v) is 16.9. The molecule has 2 fully saturated rings. The molecule has 3 atom stereocenters. The monoisotopic (exact) mass is 391 g/mol. The van der Waals surface area contributed by atoms with Gasteiger partial charge in [0.05, 0.1) is 5.56 Å². The Balaban J connectivity index is 0.00000109. The van der Waals surface area contributed by atoms with Gasteiger partial charge in [0.1, 0.15) is 0 Å². The molecule has 0 bridgehead atoms. The van der Waals surface area contributed by atoms with Gasteiger partial charge in [-0.05, 0) is 62.1 Å². The van der Waals surface area contributed by atoms with E-state index in [9.17, 15) is 13.2 Å². The second-order valence-corrected chi connectivity index (χ2v) is 7.63. The van der Waals surface area contributed by atoms with Crippen LogP contribution in [0.1, 0.15) is 55.1 Å². The average molecular weight is 391 g/mol. The Morgan fingerprint density at radius 1 is 0.929 bits per heavy atom. The Kier molecular flexibility index (Phi) is 5.96. The molecule has 4 rings (SSSR count). The Labute approximate surface area is 165 Å². The summed E-state index contributed by atoms with van der Waals surface area (Å²) >= 11 is 0. The molecule has 28 heavy (non-hydrogen) atoms. The summed E-state index contributed by atoms with van der Waals surface area (Å²) in [5.41, 5.74) is 1.88. The highest BCUT2D eigenvalue weighted by atomic mass is 19.4. The summed E-state index contributed by atoms with van der Waals surface area (Å²) < 4.78 is 40.0. The van der Waals surface area contributed by atoms with Crippen LogP contribution in [-0.2, 0) is 6.18 Å². The van der Waals surface area contributed by atoms with E-state index < -0.39 is 11.7 Å². The average Bonchev–Trinajstić information content (AvgIpc) is 3.21. The van der Waals surface area contributed by atoms with Gasteiger partial charge in [0.25, 0.3) is 0 Å². The van der Waals surface area contributed by atoms with Crippen molar-refractivity contribution < 1.29 is 13.2 Å². The van der Waals surface area contributed by atoms with Crippen LogP contribution in [-0.4, -0.2) is 23.1 Å². The Hall–Kier alpha value is -2.11. The number of hydrogen-bond donors (Lipinski definition) is 0. The number of aryl methyl sites for hydroxylation is 2. The van der Waals surface area contributed by atoms with Crippen LogP contribution in [0, 0.1) is 25.7 Å². The van der Waals surface area contributed by atoms with Crippen LogP contribution in [0.3, 0.4) is 0 Å². The number of alkyl halides is 3. The quantitative estimate of drug-likeness (QED) is 0.651. The predicted molar refractivity (Wildman–Crippen MR) is 105 cm³/mol. The van der Waals surface area contributed by atoms with Crippen molar-refractivity contribution in [2.75, 3.05) is 18.0 Å². The second kappa shape index (κ2) is 8.10. The summed E-state index contributed by atoms with van der Waals surface area (Å²) in [5, 5.41) is 0. The Bertz CT molecular complexity index is 785. The minimum atomic E-state index is -4.28. The van der Waals surface area contributed by atoms with E-state index in [-0.39, 0.29) is 5.92 Å². The first-order valence-corrected chi connectivity index (χ1v) is 10.0. The zero-order chi connectivity index (χ0) is 20.5. The fraction of sp³-hybridized carbons (Fsp3) is 0.545. The van der Waals surface area contributed by atoms with Crippen LogP contribution in [0.15, 0.2) is 30.3 Å². The number of fused-ring (bicyclic) bond motifs is 1. The highest BCUT2D eigenvalue weighted by Crippen LogP contribution is 2.49. The molecule has 0 spiro atoms. The van der Waals surface area contributed by atoms with E-state index in [1.54, 1.807) is 12.1 Å². The van der Waals surface area contributed by atoms with E-state index in [4.69, 9.17) is 0 Å². The first kappa shape index (κ1) is 20.6. The first-order chi connectivity index (χ1) is 13.3. The lowest BCUT2D eigenvalue weighted by atomic mass is 9.91. The van der Waals surface area contributed by atoms with Crippen LogP contribution in [0.2, 0.25) is 0 Å². The zero-order valence-electron chi connectivity index (χ0n) is 16.9. The molecule has 1 saturated carbocycles. The van der Waals surface area contributed by atoms with Crippen molar-refractivity contribution in [2.45, 2.75) is 52.6 Å². The van der Waals surface area contributed by atoms with E-state index in [2.05, 4.69) is 14.9 Å². The fourth-order valence-electron chi connectivity index (χ4n) is 4.68. The van der Waals surface area contributed by atoms with Crippen molar-refractivity contribution in [1.29, 1.82) is 0 Å². The predicted octanol–water partition coefficient (Wildman–Crippen LogP) is 5.77. The lowest BCUT2D eigenvalue weighted by Crippen LogP contribution is -2.24. The van der Waals surface area contributed by atoms with Crippen molar-refractivity contribution in [3.8, 4) is 0 Å². The van der Waals surface area contributed by atoms with Gasteiger partial charge in [-0.3, -0.25) is 0 Å². The van der Waals surface area contributed by atoms with E-state index >= 15 is 0 Å². The normalized spacial score (nSPS) is 24.0. The molecule has 1 aromatic heterocycles. The molecule has 0 N–H and O–H groups in total. The van der Waals surface area contributed by atoms with Gasteiger partial charge in [0.2, 0.25) is 5.95 Å². The maximum Gasteiger partial charge on any atom is 0.416 e. The summed E-state index contributed by atoms with van der Waals surface area (Å²) in [5.74, 6) is 1.56. The molecule has 152 valence electrons. The third kappa shape index (κ3) is 4.15. The summed E-state index contributed by atoms with van der Waals surface area (Å²) in [6.07, 6.45) is -2.68. The molecule has 2 aromatic rings. The van der Waals surface area contributed by atoms with Crippen molar-refractivity contribution in [1.82, 2.24) is 9.97 Å². The number of rotatable bonds is 2. The standard InChI is InChI=1S/C20H22F3N3.C2H6/c1-12-7-13(2)25-19(24-12)26-10-15-8-14(9-16(15)11-26)17-5-3-4-6-18(17)20(21,22)23;1-2/h3-7,14-16H,8-11H2,1-2H3;1-2H3/t14?,15-,16+;. The maximum atomic E-state index is 13.3. The molecule has 1 aromatic carbocycles. The molecule has 3 nitrogen and oxygen atoms in total. The van der Waals surface area contributed by atoms with Gasteiger partial charge < -0.3 is 4.90 Å². The molecule has 6 heteroatoms. The van der Waals surface area contributed by atoms with Gasteiger partial charge in [-0.2, -0.15) is 13.2 Å². The van der Waals surface area contributed by atoms with Gasteiger partial charge in [-0.25, -0.2) is 9.97 Å². The van der Waals surface area contributed by atoms with Crippen molar-refractivity contribution in [2.24, 2.45) is 11.8 Å². The van der Waals surface area contributed by atoms with Gasteiger partial charge >= 0.3 is 6.18 Å². The molecule has 2 heterocycles. The molecule has 2 aliphatic rings. The summed E-state index contributed by atoms with van der Waals surface area (Å²) in [7, 11) is 0. The lowest BCUT2D eigenvalue weighted by Gasteiger charge is -2.22. The molecule has 0 amide bonds.